The Balaban J connectivity index is 1.22. The van der Waals surface area contributed by atoms with Gasteiger partial charge in [-0.25, -0.2) is 4.79 Å². The Labute approximate surface area is 261 Å². The van der Waals surface area contributed by atoms with Gasteiger partial charge in [-0.1, -0.05) is 73.3 Å². The molecule has 2 heterocycles. The first-order valence-corrected chi connectivity index (χ1v) is 15.1. The lowest BCUT2D eigenvalue weighted by atomic mass is 9.95. The second-order valence-corrected chi connectivity index (χ2v) is 11.5. The first-order chi connectivity index (χ1) is 22.0. The zero-order valence-electron chi connectivity index (χ0n) is 25.1. The van der Waals surface area contributed by atoms with E-state index in [1.807, 2.05) is 24.3 Å². The fourth-order valence-corrected chi connectivity index (χ4v) is 6.83. The van der Waals surface area contributed by atoms with Crippen LogP contribution < -0.4 is 4.74 Å². The van der Waals surface area contributed by atoms with E-state index in [1.165, 1.54) is 50.1 Å². The van der Waals surface area contributed by atoms with Gasteiger partial charge in [0.2, 0.25) is 0 Å². The van der Waals surface area contributed by atoms with Crippen molar-refractivity contribution in [1.29, 1.82) is 0 Å². The van der Waals surface area contributed by atoms with E-state index in [4.69, 9.17) is 4.74 Å². The van der Waals surface area contributed by atoms with Crippen LogP contribution in [-0.2, 0) is 4.79 Å². The van der Waals surface area contributed by atoms with Crippen molar-refractivity contribution in [3.8, 4) is 28.3 Å². The van der Waals surface area contributed by atoms with E-state index in [1.54, 1.807) is 0 Å². The smallest absolute Gasteiger partial charge is 0.335 e. The number of carbonyl (C=O) groups is 1. The summed E-state index contributed by atoms with van der Waals surface area (Å²) in [7, 11) is 0. The maximum Gasteiger partial charge on any atom is 0.335 e. The van der Waals surface area contributed by atoms with E-state index >= 15 is 0 Å². The molecule has 0 N–H and O–H groups in total. The zero-order valence-corrected chi connectivity index (χ0v) is 25.1. The van der Waals surface area contributed by atoms with Crippen LogP contribution in [0.2, 0.25) is 0 Å². The predicted molar refractivity (Wildman–Crippen MR) is 186 cm³/mol. The van der Waals surface area contributed by atoms with Crippen LogP contribution in [0, 0.1) is 13.8 Å². The summed E-state index contributed by atoms with van der Waals surface area (Å²) in [5.74, 6) is 0.0318. The number of hydrogen-bond donors (Lipinski definition) is 0. The number of rotatable bonds is 5. The van der Waals surface area contributed by atoms with Crippen LogP contribution in [0.4, 0.5) is 0 Å². The maximum atomic E-state index is 11.9. The highest BCUT2D eigenvalue weighted by atomic mass is 16.5. The molecule has 8 aromatic rings. The van der Waals surface area contributed by atoms with Crippen molar-refractivity contribution in [3.05, 3.63) is 151 Å². The number of aryl methyl sites for hydroxylation is 2. The third-order valence-corrected chi connectivity index (χ3v) is 8.84. The molecule has 4 heteroatoms. The standard InChI is InChI=1S/C41H30N2O2/c1-4-41(44)45-30-19-22-40-36(25-30)35-13-7-10-16-39(35)43(40)29-18-21-32(27(3)24-29)31-20-17-28(23-26(31)2)42-37-14-8-5-11-33(37)34-12-6-9-15-38(34)42/h4-25H,1H2,2-3H3. The van der Waals surface area contributed by atoms with Gasteiger partial charge >= 0.3 is 5.97 Å². The SMILES string of the molecule is C=CC(=O)Oc1ccc2c(c1)c1ccccc1n2-c1ccc(-c2ccc(-n3c4ccccc4c4ccccc43)cc2C)c(C)c1. The highest BCUT2D eigenvalue weighted by molar-refractivity contribution is 6.10. The number of esters is 1. The van der Waals surface area contributed by atoms with E-state index in [2.05, 4.69) is 133 Å². The summed E-state index contributed by atoms with van der Waals surface area (Å²) < 4.78 is 10.1. The number of fused-ring (bicyclic) bond motifs is 6. The zero-order chi connectivity index (χ0) is 30.7. The second kappa shape index (κ2) is 10.4. The van der Waals surface area contributed by atoms with Crippen molar-refractivity contribution >= 4 is 49.6 Å². The molecular formula is C41H30N2O2. The molecular weight excluding hydrogens is 552 g/mol. The minimum atomic E-state index is -0.470. The summed E-state index contributed by atoms with van der Waals surface area (Å²) in [5, 5.41) is 4.65. The normalized spacial score (nSPS) is 11.5. The van der Waals surface area contributed by atoms with Gasteiger partial charge in [-0.2, -0.15) is 0 Å². The summed E-state index contributed by atoms with van der Waals surface area (Å²) in [4.78, 5) is 11.9. The molecule has 216 valence electrons. The molecule has 0 aliphatic rings. The van der Waals surface area contributed by atoms with Crippen molar-refractivity contribution < 1.29 is 9.53 Å². The Bertz CT molecular complexity index is 2420. The van der Waals surface area contributed by atoms with Gasteiger partial charge < -0.3 is 13.9 Å². The Kier molecular flexibility index (Phi) is 6.17. The lowest BCUT2D eigenvalue weighted by molar-refractivity contribution is -0.128. The van der Waals surface area contributed by atoms with Crippen molar-refractivity contribution in [2.24, 2.45) is 0 Å². The van der Waals surface area contributed by atoms with E-state index in [0.29, 0.717) is 5.75 Å². The third kappa shape index (κ3) is 4.26. The highest BCUT2D eigenvalue weighted by Crippen LogP contribution is 2.37. The fourth-order valence-electron chi connectivity index (χ4n) is 6.83. The minimum Gasteiger partial charge on any atom is -0.423 e. The monoisotopic (exact) mass is 582 g/mol. The summed E-state index contributed by atoms with van der Waals surface area (Å²) in [6.07, 6.45) is 1.18. The largest absolute Gasteiger partial charge is 0.423 e. The molecule has 0 radical (unpaired) electrons. The van der Waals surface area contributed by atoms with E-state index < -0.39 is 5.97 Å². The second-order valence-electron chi connectivity index (χ2n) is 11.5. The van der Waals surface area contributed by atoms with Gasteiger partial charge in [0.1, 0.15) is 5.75 Å². The minimum absolute atomic E-state index is 0.470. The van der Waals surface area contributed by atoms with Gasteiger partial charge in [0.25, 0.3) is 0 Å². The van der Waals surface area contributed by atoms with Crippen LogP contribution in [0.25, 0.3) is 66.1 Å². The van der Waals surface area contributed by atoms with Gasteiger partial charge in [-0.05, 0) is 96.8 Å². The molecule has 0 unspecified atom stereocenters. The molecule has 0 aliphatic carbocycles. The molecule has 6 aromatic carbocycles. The average Bonchev–Trinajstić information content (AvgIpc) is 3.58. The van der Waals surface area contributed by atoms with Gasteiger partial charge in [0.15, 0.2) is 0 Å². The van der Waals surface area contributed by atoms with Crippen LogP contribution in [0.3, 0.4) is 0 Å². The fraction of sp³-hybridized carbons (Fsp3) is 0.0488. The Hall–Kier alpha value is -5.87. The molecule has 0 saturated carbocycles. The molecule has 0 aliphatic heterocycles. The maximum absolute atomic E-state index is 11.9. The van der Waals surface area contributed by atoms with E-state index in [0.717, 1.165) is 33.2 Å². The van der Waals surface area contributed by atoms with Crippen LogP contribution >= 0.6 is 0 Å². The first kappa shape index (κ1) is 26.7. The van der Waals surface area contributed by atoms with Crippen LogP contribution in [0.15, 0.2) is 140 Å². The Morgan fingerprint density at radius 1 is 0.556 bits per heavy atom. The van der Waals surface area contributed by atoms with Gasteiger partial charge in [0.05, 0.1) is 22.1 Å². The van der Waals surface area contributed by atoms with Crippen LogP contribution in [-0.4, -0.2) is 15.1 Å². The lowest BCUT2D eigenvalue weighted by Gasteiger charge is -2.15. The molecule has 0 fully saturated rings. The van der Waals surface area contributed by atoms with Gasteiger partial charge in [-0.15, -0.1) is 0 Å². The van der Waals surface area contributed by atoms with Gasteiger partial charge in [0, 0.05) is 39.0 Å². The number of ether oxygens (including phenoxy) is 1. The molecule has 0 amide bonds. The number of benzene rings is 6. The summed E-state index contributed by atoms with van der Waals surface area (Å²) >= 11 is 0. The number of aromatic nitrogens is 2. The molecule has 0 atom stereocenters. The quantitative estimate of drug-likeness (QED) is 0.115. The third-order valence-electron chi connectivity index (χ3n) is 8.84. The molecule has 45 heavy (non-hydrogen) atoms. The van der Waals surface area contributed by atoms with Crippen molar-refractivity contribution in [1.82, 2.24) is 9.13 Å². The lowest BCUT2D eigenvalue weighted by Crippen LogP contribution is -2.02. The summed E-state index contributed by atoms with van der Waals surface area (Å²) in [5.41, 5.74) is 11.7. The molecule has 8 rings (SSSR count). The number of nitrogens with zero attached hydrogens (tertiary/aromatic N) is 2. The molecule has 0 spiro atoms. The average molecular weight is 583 g/mol. The van der Waals surface area contributed by atoms with Crippen molar-refractivity contribution in [2.75, 3.05) is 0 Å². The number of carbonyl (C=O) groups excluding carboxylic acids is 1. The molecule has 4 nitrogen and oxygen atoms in total. The molecule has 0 bridgehead atoms. The van der Waals surface area contributed by atoms with E-state index in [-0.39, 0.29) is 0 Å². The Morgan fingerprint density at radius 3 is 1.47 bits per heavy atom. The Morgan fingerprint density at radius 2 is 1.00 bits per heavy atom. The first-order valence-electron chi connectivity index (χ1n) is 15.1. The van der Waals surface area contributed by atoms with Crippen LogP contribution in [0.5, 0.6) is 5.75 Å². The summed E-state index contributed by atoms with van der Waals surface area (Å²) in [6, 6.07) is 44.8. The number of hydrogen-bond acceptors (Lipinski definition) is 2. The van der Waals surface area contributed by atoms with E-state index in [9.17, 15) is 4.79 Å². The van der Waals surface area contributed by atoms with Crippen LogP contribution in [0.1, 0.15) is 11.1 Å². The predicted octanol–water partition coefficient (Wildman–Crippen LogP) is 10.3. The number of para-hydroxylation sites is 3. The van der Waals surface area contributed by atoms with Gasteiger partial charge in [-0.3, -0.25) is 0 Å². The topological polar surface area (TPSA) is 36.2 Å². The van der Waals surface area contributed by atoms with Crippen molar-refractivity contribution in [2.45, 2.75) is 13.8 Å². The summed E-state index contributed by atoms with van der Waals surface area (Å²) in [6.45, 7) is 7.89. The molecule has 0 saturated heterocycles. The van der Waals surface area contributed by atoms with Crippen molar-refractivity contribution in [3.63, 3.8) is 0 Å². The molecule has 2 aromatic heterocycles. The highest BCUT2D eigenvalue weighted by Gasteiger charge is 2.16.